The summed E-state index contributed by atoms with van der Waals surface area (Å²) >= 11 is 1.91. The predicted octanol–water partition coefficient (Wildman–Crippen LogP) is 3.55. The molecule has 1 saturated carbocycles. The molecule has 0 aliphatic heterocycles. The van der Waals surface area contributed by atoms with E-state index in [1.165, 1.54) is 35.6 Å². The summed E-state index contributed by atoms with van der Waals surface area (Å²) in [5.74, 6) is 1.65. The van der Waals surface area contributed by atoms with Crippen LogP contribution in [0.1, 0.15) is 55.3 Å². The van der Waals surface area contributed by atoms with Gasteiger partial charge in [-0.1, -0.05) is 20.3 Å². The second kappa shape index (κ2) is 5.78. The fourth-order valence-electron chi connectivity index (χ4n) is 2.41. The van der Waals surface area contributed by atoms with Gasteiger partial charge in [-0.15, -0.1) is 11.3 Å². The fraction of sp³-hybridized carbons (Fsp3) is 0.769. The molecule has 1 fully saturated rings. The molecular formula is C13H22N2S. The molecule has 2 rings (SSSR count). The lowest BCUT2D eigenvalue weighted by atomic mass is 10.1. The molecule has 2 unspecified atom stereocenters. The van der Waals surface area contributed by atoms with Crippen LogP contribution in [0.3, 0.4) is 0 Å². The van der Waals surface area contributed by atoms with E-state index in [2.05, 4.69) is 30.3 Å². The van der Waals surface area contributed by atoms with E-state index in [1.54, 1.807) is 0 Å². The van der Waals surface area contributed by atoms with Gasteiger partial charge in [-0.3, -0.25) is 0 Å². The van der Waals surface area contributed by atoms with Crippen LogP contribution in [0, 0.1) is 5.92 Å². The van der Waals surface area contributed by atoms with Gasteiger partial charge >= 0.3 is 0 Å². The number of hydrogen-bond donors (Lipinski definition) is 1. The molecule has 3 heteroatoms. The number of aromatic nitrogens is 1. The lowest BCUT2D eigenvalue weighted by Gasteiger charge is -2.04. The Bertz CT molecular complexity index is 321. The van der Waals surface area contributed by atoms with Gasteiger partial charge in [0.25, 0.3) is 0 Å². The third kappa shape index (κ3) is 3.05. The van der Waals surface area contributed by atoms with Crippen LogP contribution in [-0.2, 0) is 6.54 Å². The van der Waals surface area contributed by atoms with Crippen molar-refractivity contribution in [3.8, 4) is 0 Å². The highest BCUT2D eigenvalue weighted by Gasteiger charge is 2.24. The van der Waals surface area contributed by atoms with Gasteiger partial charge in [0.05, 0.1) is 5.01 Å². The quantitative estimate of drug-likeness (QED) is 0.794. The second-order valence-corrected chi connectivity index (χ2v) is 6.10. The highest BCUT2D eigenvalue weighted by atomic mass is 32.1. The highest BCUT2D eigenvalue weighted by molar-refractivity contribution is 7.11. The highest BCUT2D eigenvalue weighted by Crippen LogP contribution is 2.39. The minimum Gasteiger partial charge on any atom is -0.312 e. The molecule has 16 heavy (non-hydrogen) atoms. The van der Waals surface area contributed by atoms with Crippen molar-refractivity contribution in [3.05, 3.63) is 16.1 Å². The molecule has 90 valence electrons. The van der Waals surface area contributed by atoms with Crippen molar-refractivity contribution in [1.29, 1.82) is 0 Å². The summed E-state index contributed by atoms with van der Waals surface area (Å²) < 4.78 is 0. The largest absolute Gasteiger partial charge is 0.312 e. The standard InChI is InChI=1S/C13H22N2S/c1-3-6-14-8-12-9-15-13(16-12)11-5-4-10(2)7-11/h9-11,14H,3-8H2,1-2H3. The zero-order valence-electron chi connectivity index (χ0n) is 10.3. The Morgan fingerprint density at radius 1 is 1.50 bits per heavy atom. The predicted molar refractivity (Wildman–Crippen MR) is 69.9 cm³/mol. The van der Waals surface area contributed by atoms with Crippen LogP contribution >= 0.6 is 11.3 Å². The molecule has 0 aromatic carbocycles. The number of nitrogens with zero attached hydrogens (tertiary/aromatic N) is 1. The maximum absolute atomic E-state index is 4.59. The molecule has 1 aliphatic rings. The molecule has 0 spiro atoms. The summed E-state index contributed by atoms with van der Waals surface area (Å²) in [6.45, 7) is 6.66. The van der Waals surface area contributed by atoms with Gasteiger partial charge in [-0.05, 0) is 31.7 Å². The van der Waals surface area contributed by atoms with Gasteiger partial charge in [-0.25, -0.2) is 4.98 Å². The molecule has 2 atom stereocenters. The monoisotopic (exact) mass is 238 g/mol. The maximum atomic E-state index is 4.59. The van der Waals surface area contributed by atoms with Crippen molar-refractivity contribution in [2.75, 3.05) is 6.54 Å². The Kier molecular flexibility index (Phi) is 4.36. The lowest BCUT2D eigenvalue weighted by Crippen LogP contribution is -2.12. The van der Waals surface area contributed by atoms with Crippen LogP contribution in [0.5, 0.6) is 0 Å². The summed E-state index contributed by atoms with van der Waals surface area (Å²) in [6.07, 6.45) is 7.33. The molecule has 1 aliphatic carbocycles. The van der Waals surface area contributed by atoms with E-state index in [0.29, 0.717) is 0 Å². The van der Waals surface area contributed by atoms with Gasteiger partial charge in [0.2, 0.25) is 0 Å². The first kappa shape index (κ1) is 12.1. The smallest absolute Gasteiger partial charge is 0.0959 e. The van der Waals surface area contributed by atoms with Crippen molar-refractivity contribution in [3.63, 3.8) is 0 Å². The summed E-state index contributed by atoms with van der Waals surface area (Å²) in [5.41, 5.74) is 0. The molecule has 1 N–H and O–H groups in total. The van der Waals surface area contributed by atoms with E-state index >= 15 is 0 Å². The number of nitrogens with one attached hydrogen (secondary N) is 1. The van der Waals surface area contributed by atoms with Crippen molar-refractivity contribution in [1.82, 2.24) is 10.3 Å². The van der Waals surface area contributed by atoms with Gasteiger partial charge in [-0.2, -0.15) is 0 Å². The molecule has 2 nitrogen and oxygen atoms in total. The Morgan fingerprint density at radius 3 is 3.06 bits per heavy atom. The molecule has 1 heterocycles. The minimum atomic E-state index is 0.750. The van der Waals surface area contributed by atoms with Crippen LogP contribution in [0.2, 0.25) is 0 Å². The first-order chi connectivity index (χ1) is 7.79. The van der Waals surface area contributed by atoms with Crippen LogP contribution in [0.4, 0.5) is 0 Å². The second-order valence-electron chi connectivity index (χ2n) is 4.96. The Hall–Kier alpha value is -0.410. The van der Waals surface area contributed by atoms with E-state index in [9.17, 15) is 0 Å². The molecule has 0 radical (unpaired) electrons. The molecule has 0 saturated heterocycles. The zero-order valence-corrected chi connectivity index (χ0v) is 11.1. The summed E-state index contributed by atoms with van der Waals surface area (Å²) in [4.78, 5) is 5.98. The van der Waals surface area contributed by atoms with E-state index in [1.807, 2.05) is 11.3 Å². The Morgan fingerprint density at radius 2 is 2.38 bits per heavy atom. The topological polar surface area (TPSA) is 24.9 Å². The number of rotatable bonds is 5. The summed E-state index contributed by atoms with van der Waals surface area (Å²) in [5, 5.41) is 4.81. The van der Waals surface area contributed by atoms with Crippen molar-refractivity contribution >= 4 is 11.3 Å². The molecule has 0 amide bonds. The molecule has 1 aromatic rings. The third-order valence-corrected chi connectivity index (χ3v) is 4.50. The number of thiazole rings is 1. The van der Waals surface area contributed by atoms with Gasteiger partial charge in [0.1, 0.15) is 0 Å². The van der Waals surface area contributed by atoms with Crippen LogP contribution in [0.25, 0.3) is 0 Å². The van der Waals surface area contributed by atoms with Gasteiger partial charge in [0, 0.05) is 23.5 Å². The SMILES string of the molecule is CCCNCc1cnc(C2CCC(C)C2)s1. The van der Waals surface area contributed by atoms with Crippen molar-refractivity contribution in [2.24, 2.45) is 5.92 Å². The van der Waals surface area contributed by atoms with Crippen LogP contribution in [-0.4, -0.2) is 11.5 Å². The van der Waals surface area contributed by atoms with E-state index in [-0.39, 0.29) is 0 Å². The first-order valence-corrected chi connectivity index (χ1v) is 7.26. The van der Waals surface area contributed by atoms with E-state index in [4.69, 9.17) is 0 Å². The zero-order chi connectivity index (χ0) is 11.4. The minimum absolute atomic E-state index is 0.750. The van der Waals surface area contributed by atoms with Crippen LogP contribution in [0.15, 0.2) is 6.20 Å². The Labute approximate surface area is 102 Å². The van der Waals surface area contributed by atoms with Crippen molar-refractivity contribution in [2.45, 2.75) is 52.0 Å². The van der Waals surface area contributed by atoms with E-state index in [0.717, 1.165) is 24.9 Å². The molecular weight excluding hydrogens is 216 g/mol. The summed E-state index contributed by atoms with van der Waals surface area (Å²) in [6, 6.07) is 0. The first-order valence-electron chi connectivity index (χ1n) is 6.45. The maximum Gasteiger partial charge on any atom is 0.0959 e. The average Bonchev–Trinajstić information content (AvgIpc) is 2.87. The average molecular weight is 238 g/mol. The molecule has 0 bridgehead atoms. The van der Waals surface area contributed by atoms with Gasteiger partial charge < -0.3 is 5.32 Å². The fourth-order valence-corrected chi connectivity index (χ4v) is 3.45. The normalized spacial score (nSPS) is 25.1. The van der Waals surface area contributed by atoms with E-state index < -0.39 is 0 Å². The lowest BCUT2D eigenvalue weighted by molar-refractivity contribution is 0.595. The van der Waals surface area contributed by atoms with Gasteiger partial charge in [0.15, 0.2) is 0 Å². The van der Waals surface area contributed by atoms with Crippen LogP contribution < -0.4 is 5.32 Å². The third-order valence-electron chi connectivity index (χ3n) is 3.34. The summed E-state index contributed by atoms with van der Waals surface area (Å²) in [7, 11) is 0. The molecule has 1 aromatic heterocycles. The Balaban J connectivity index is 1.87. The van der Waals surface area contributed by atoms with Crippen molar-refractivity contribution < 1.29 is 0 Å². The number of hydrogen-bond acceptors (Lipinski definition) is 3.